The molecule has 0 aromatic carbocycles. The molecule has 308 valence electrons. The predicted octanol–water partition coefficient (Wildman–Crippen LogP) is 7.06. The summed E-state index contributed by atoms with van der Waals surface area (Å²) in [5, 5.41) is 67.9. The fourth-order valence-electron chi connectivity index (χ4n) is 7.62. The molecule has 3 aliphatic carbocycles. The Kier molecular flexibility index (Phi) is 17.2. The molecule has 0 aliphatic heterocycles. The van der Waals surface area contributed by atoms with Gasteiger partial charge in [-0.1, -0.05) is 41.5 Å². The largest absolute Gasteiger partial charge is 0.395 e. The van der Waals surface area contributed by atoms with E-state index in [9.17, 15) is 31.6 Å². The van der Waals surface area contributed by atoms with E-state index in [0.29, 0.717) is 103 Å². The van der Waals surface area contributed by atoms with Gasteiger partial charge in [-0.05, 0) is 65.9 Å². The predicted molar refractivity (Wildman–Crippen MR) is 220 cm³/mol. The molecule has 3 aliphatic rings. The van der Waals surface area contributed by atoms with Crippen LogP contribution in [0.15, 0.2) is 67.6 Å². The number of allylic oxidation sites excluding steroid dienone is 11. The lowest BCUT2D eigenvalue weighted by molar-refractivity contribution is -0.0573. The molecule has 0 bridgehead atoms. The maximum Gasteiger partial charge on any atom is 0.266 e. The molecule has 0 amide bonds. The van der Waals surface area contributed by atoms with E-state index in [0.717, 1.165) is 0 Å². The Morgan fingerprint density at radius 1 is 0.583 bits per heavy atom. The first kappa shape index (κ1) is 47.5. The molecular formula is C45H50N12O3. The van der Waals surface area contributed by atoms with E-state index in [1.54, 1.807) is 0 Å². The molecule has 3 rings (SSSR count). The lowest BCUT2D eigenvalue weighted by atomic mass is 9.73. The van der Waals surface area contributed by atoms with Gasteiger partial charge in [0, 0.05) is 42.3 Å². The standard InChI is InChI=1S/C45H50N12O3/c1-43(2)16-32(30(22-46)23-47)35(24-48)37(19-43)55-10-13-58-28-31(60-15-12-57-39-21-45(5,6)18-34(42(39)54-9)41(27-51)53-8)29-59-14-11-56-38-20-44(3,4)17-33(36(38)25-49)40(26-50)52-7/h31,55-57H,10-21,28-29H2,1-6H3/b40-33+,41-34-. The van der Waals surface area contributed by atoms with Gasteiger partial charge in [-0.3, -0.25) is 0 Å². The molecule has 1 unspecified atom stereocenters. The second-order valence-corrected chi connectivity index (χ2v) is 17.0. The Bertz CT molecular complexity index is 2120. The molecule has 15 heteroatoms. The van der Waals surface area contributed by atoms with Gasteiger partial charge in [0.1, 0.15) is 29.9 Å². The van der Waals surface area contributed by atoms with E-state index in [-0.39, 0.29) is 71.9 Å². The minimum atomic E-state index is -0.522. The summed E-state index contributed by atoms with van der Waals surface area (Å²) in [6.45, 7) is 36.8. The summed E-state index contributed by atoms with van der Waals surface area (Å²) in [5.74, 6) is 0. The zero-order valence-electron chi connectivity index (χ0n) is 35.2. The van der Waals surface area contributed by atoms with Crippen LogP contribution in [0.2, 0.25) is 0 Å². The first-order valence-corrected chi connectivity index (χ1v) is 19.5. The van der Waals surface area contributed by atoms with Crippen molar-refractivity contribution < 1.29 is 14.2 Å². The monoisotopic (exact) mass is 806 g/mol. The summed E-state index contributed by atoms with van der Waals surface area (Å²) in [4.78, 5) is 10.4. The molecule has 60 heavy (non-hydrogen) atoms. The summed E-state index contributed by atoms with van der Waals surface area (Å²) >= 11 is 0. The lowest BCUT2D eigenvalue weighted by Crippen LogP contribution is -2.34. The second kappa shape index (κ2) is 21.8. The Morgan fingerprint density at radius 3 is 1.45 bits per heavy atom. The number of hydrogen-bond donors (Lipinski definition) is 3. The van der Waals surface area contributed by atoms with Crippen LogP contribution >= 0.6 is 0 Å². The first-order valence-electron chi connectivity index (χ1n) is 19.5. The van der Waals surface area contributed by atoms with Crippen molar-refractivity contribution in [3.63, 3.8) is 0 Å². The Labute approximate surface area is 354 Å². The van der Waals surface area contributed by atoms with Gasteiger partial charge in [-0.2, -0.15) is 21.0 Å². The summed E-state index contributed by atoms with van der Waals surface area (Å²) in [6, 6.07) is 12.1. The molecule has 0 fully saturated rings. The molecule has 0 aromatic rings. The third-order valence-corrected chi connectivity index (χ3v) is 10.1. The molecule has 0 spiro atoms. The van der Waals surface area contributed by atoms with E-state index in [4.69, 9.17) is 33.9 Å². The molecule has 0 saturated heterocycles. The molecule has 0 heterocycles. The van der Waals surface area contributed by atoms with Crippen LogP contribution in [0, 0.1) is 104 Å². The van der Waals surface area contributed by atoms with Crippen LogP contribution in [0.1, 0.15) is 80.1 Å². The van der Waals surface area contributed by atoms with Crippen molar-refractivity contribution >= 4 is 0 Å². The summed E-state index contributed by atoms with van der Waals surface area (Å²) in [7, 11) is 0. The topological polar surface area (TPSA) is 220 Å². The normalized spacial score (nSPS) is 19.9. The first-order chi connectivity index (χ1) is 28.6. The van der Waals surface area contributed by atoms with Crippen LogP contribution in [0.3, 0.4) is 0 Å². The average molecular weight is 807 g/mol. The van der Waals surface area contributed by atoms with Gasteiger partial charge < -0.3 is 30.2 Å². The van der Waals surface area contributed by atoms with Gasteiger partial charge in [0.15, 0.2) is 5.70 Å². The number of rotatable bonds is 17. The van der Waals surface area contributed by atoms with Crippen LogP contribution < -0.4 is 16.0 Å². The lowest BCUT2D eigenvalue weighted by Gasteiger charge is -2.34. The van der Waals surface area contributed by atoms with E-state index in [1.165, 1.54) is 0 Å². The number of hydrogen-bond acceptors (Lipinski definition) is 12. The van der Waals surface area contributed by atoms with Crippen LogP contribution in [-0.2, 0) is 14.2 Å². The zero-order valence-corrected chi connectivity index (χ0v) is 35.2. The highest BCUT2D eigenvalue weighted by molar-refractivity contribution is 5.58. The fourth-order valence-corrected chi connectivity index (χ4v) is 7.62. The zero-order chi connectivity index (χ0) is 44.5. The average Bonchev–Trinajstić information content (AvgIpc) is 3.19. The highest BCUT2D eigenvalue weighted by atomic mass is 16.6. The second-order valence-electron chi connectivity index (χ2n) is 17.0. The van der Waals surface area contributed by atoms with Gasteiger partial charge in [-0.25, -0.2) is 25.1 Å². The summed E-state index contributed by atoms with van der Waals surface area (Å²) in [5.41, 5.74) is 3.13. The van der Waals surface area contributed by atoms with Crippen LogP contribution in [-0.4, -0.2) is 58.8 Å². The van der Waals surface area contributed by atoms with E-state index in [2.05, 4.69) is 42.6 Å². The van der Waals surface area contributed by atoms with Crippen molar-refractivity contribution in [3.8, 4) is 36.4 Å². The Morgan fingerprint density at radius 2 is 1.00 bits per heavy atom. The third kappa shape index (κ3) is 12.8. The SMILES string of the molecule is [C-]#[N+]C1=C(NCCOC(COCCNC2=C(C#N)C(=C(C#N)C#N)CC(C)(C)C2)COCCNC2=C(C#N)/C(=C(\C#N)[N+]#[C-])CC(C)(C)C2)CC(C)(C)C/C1=C(\C#N)[N+]#[C-]. The maximum absolute atomic E-state index is 9.96. The van der Waals surface area contributed by atoms with E-state index in [1.807, 2.05) is 65.8 Å². The van der Waals surface area contributed by atoms with Gasteiger partial charge in [0.25, 0.3) is 11.4 Å². The highest BCUT2D eigenvalue weighted by Crippen LogP contribution is 2.44. The fraction of sp³-hybridized carbons (Fsp3) is 0.533. The van der Waals surface area contributed by atoms with Crippen molar-refractivity contribution in [1.29, 1.82) is 31.6 Å². The smallest absolute Gasteiger partial charge is 0.266 e. The third-order valence-electron chi connectivity index (χ3n) is 10.1. The van der Waals surface area contributed by atoms with Crippen molar-refractivity contribution in [1.82, 2.24) is 16.0 Å². The Balaban J connectivity index is 1.71. The van der Waals surface area contributed by atoms with Crippen LogP contribution in [0.25, 0.3) is 14.5 Å². The molecule has 1 atom stereocenters. The van der Waals surface area contributed by atoms with E-state index >= 15 is 0 Å². The molecule has 0 aromatic heterocycles. The summed E-state index contributed by atoms with van der Waals surface area (Å²) in [6.07, 6.45) is 2.47. The van der Waals surface area contributed by atoms with Crippen LogP contribution in [0.5, 0.6) is 0 Å². The van der Waals surface area contributed by atoms with E-state index < -0.39 is 6.10 Å². The number of nitrogens with one attached hydrogen (secondary N) is 3. The quantitative estimate of drug-likeness (QED) is 0.0764. The molecular weight excluding hydrogens is 757 g/mol. The van der Waals surface area contributed by atoms with Crippen LogP contribution in [0.4, 0.5) is 0 Å². The number of nitriles is 6. The minimum absolute atomic E-state index is 0.0693. The highest BCUT2D eigenvalue weighted by Gasteiger charge is 2.35. The van der Waals surface area contributed by atoms with Crippen molar-refractivity contribution in [2.24, 2.45) is 16.2 Å². The van der Waals surface area contributed by atoms with Crippen molar-refractivity contribution in [2.75, 3.05) is 52.7 Å². The Hall–Kier alpha value is -6.87. The number of nitrogens with zero attached hydrogens (tertiary/aromatic N) is 9. The van der Waals surface area contributed by atoms with Crippen molar-refractivity contribution in [3.05, 3.63) is 102 Å². The molecule has 0 radical (unpaired) electrons. The minimum Gasteiger partial charge on any atom is -0.395 e. The van der Waals surface area contributed by atoms with Gasteiger partial charge in [0.05, 0.1) is 82.1 Å². The van der Waals surface area contributed by atoms with Gasteiger partial charge >= 0.3 is 0 Å². The van der Waals surface area contributed by atoms with Gasteiger partial charge in [-0.15, -0.1) is 0 Å². The number of ether oxygens (including phenoxy) is 3. The van der Waals surface area contributed by atoms with Gasteiger partial charge in [0.2, 0.25) is 0 Å². The maximum atomic E-state index is 9.96. The molecule has 0 saturated carbocycles. The van der Waals surface area contributed by atoms with Crippen molar-refractivity contribution in [2.45, 2.75) is 86.2 Å². The summed E-state index contributed by atoms with van der Waals surface area (Å²) < 4.78 is 18.3. The molecule has 3 N–H and O–H groups in total. The molecule has 15 nitrogen and oxygen atoms in total.